The van der Waals surface area contributed by atoms with Crippen LogP contribution in [0.2, 0.25) is 0 Å². The summed E-state index contributed by atoms with van der Waals surface area (Å²) in [5, 5.41) is 18.4. The Morgan fingerprint density at radius 1 is 1.40 bits per heavy atom. The molecule has 15 heavy (non-hydrogen) atoms. The van der Waals surface area contributed by atoms with Gasteiger partial charge in [-0.3, -0.25) is 0 Å². The second-order valence-electron chi connectivity index (χ2n) is 3.83. The van der Waals surface area contributed by atoms with Gasteiger partial charge in [0.2, 0.25) is 0 Å². The average molecular weight is 206 g/mol. The first-order valence-corrected chi connectivity index (χ1v) is 5.21. The van der Waals surface area contributed by atoms with Crippen LogP contribution in [0.4, 0.5) is 0 Å². The van der Waals surface area contributed by atoms with Gasteiger partial charge >= 0.3 is 0 Å². The fourth-order valence-corrected chi connectivity index (χ4v) is 1.66. The van der Waals surface area contributed by atoms with E-state index in [1.54, 1.807) is 6.07 Å². The number of hydrogen-bond acceptors (Lipinski definition) is 2. The van der Waals surface area contributed by atoms with Crippen molar-refractivity contribution in [3.05, 3.63) is 41.5 Å². The van der Waals surface area contributed by atoms with Gasteiger partial charge in [0.05, 0.1) is 6.61 Å². The molecule has 2 N–H and O–H groups in total. The molecule has 0 spiro atoms. The summed E-state index contributed by atoms with van der Waals surface area (Å²) in [5.74, 6) is 0.644. The maximum Gasteiger partial charge on any atom is 0.121 e. The largest absolute Gasteiger partial charge is 0.508 e. The Labute approximate surface area is 90.9 Å². The highest BCUT2D eigenvalue weighted by molar-refractivity contribution is 5.35. The Morgan fingerprint density at radius 2 is 2.13 bits per heavy atom. The maximum atomic E-state index is 9.40. The molecule has 0 saturated carbocycles. The van der Waals surface area contributed by atoms with Crippen LogP contribution < -0.4 is 0 Å². The van der Waals surface area contributed by atoms with Crippen molar-refractivity contribution < 1.29 is 10.2 Å². The lowest BCUT2D eigenvalue weighted by Gasteiger charge is -2.08. The van der Waals surface area contributed by atoms with Gasteiger partial charge in [0.25, 0.3) is 0 Å². The number of aliphatic hydroxyl groups excluding tert-OH is 1. The molecule has 0 aliphatic rings. The van der Waals surface area contributed by atoms with Crippen LogP contribution in [0, 0.1) is 5.92 Å². The van der Waals surface area contributed by atoms with Gasteiger partial charge in [0.15, 0.2) is 0 Å². The minimum Gasteiger partial charge on any atom is -0.508 e. The highest BCUT2D eigenvalue weighted by Gasteiger charge is 2.04. The van der Waals surface area contributed by atoms with E-state index in [-0.39, 0.29) is 12.4 Å². The van der Waals surface area contributed by atoms with Gasteiger partial charge in [0.1, 0.15) is 5.75 Å². The summed E-state index contributed by atoms with van der Waals surface area (Å²) in [6.07, 6.45) is 5.11. The van der Waals surface area contributed by atoms with Crippen molar-refractivity contribution in [1.29, 1.82) is 0 Å². The average Bonchev–Trinajstić information content (AvgIpc) is 2.21. The van der Waals surface area contributed by atoms with Crippen molar-refractivity contribution in [1.82, 2.24) is 0 Å². The molecule has 0 saturated heterocycles. The summed E-state index contributed by atoms with van der Waals surface area (Å²) in [6, 6.07) is 5.40. The Kier molecular flexibility index (Phi) is 4.37. The molecule has 82 valence electrons. The van der Waals surface area contributed by atoms with E-state index < -0.39 is 0 Å². The second-order valence-corrected chi connectivity index (χ2v) is 3.83. The van der Waals surface area contributed by atoms with Gasteiger partial charge in [-0.1, -0.05) is 25.1 Å². The number of aromatic hydroxyl groups is 1. The minimum atomic E-state index is -0.113. The highest BCUT2D eigenvalue weighted by atomic mass is 16.3. The topological polar surface area (TPSA) is 40.5 Å². The first-order chi connectivity index (χ1) is 7.17. The molecule has 1 atom stereocenters. The number of benzene rings is 1. The number of rotatable bonds is 4. The molecule has 0 amide bonds. The lowest BCUT2D eigenvalue weighted by molar-refractivity contribution is 0.275. The monoisotopic (exact) mass is 206 g/mol. The standard InChI is InChI=1S/C13H18O2/c1-3-4-10(2)7-11-5-6-13(15)12(8-11)9-14/h3-6,8,10,14-15H,7,9H2,1-2H3/b4-3-. The first-order valence-electron chi connectivity index (χ1n) is 5.21. The van der Waals surface area contributed by atoms with Crippen LogP contribution in [0.25, 0.3) is 0 Å². The molecule has 2 heteroatoms. The molecule has 0 heterocycles. The molecule has 1 unspecified atom stereocenters. The lowest BCUT2D eigenvalue weighted by atomic mass is 9.99. The number of allylic oxidation sites excluding steroid dienone is 2. The van der Waals surface area contributed by atoms with Crippen LogP contribution in [0.1, 0.15) is 25.0 Å². The predicted molar refractivity (Wildman–Crippen MR) is 61.7 cm³/mol. The summed E-state index contributed by atoms with van der Waals surface area (Å²) < 4.78 is 0. The van der Waals surface area contributed by atoms with Crippen LogP contribution in [0.5, 0.6) is 5.75 Å². The number of hydrogen-bond donors (Lipinski definition) is 2. The van der Waals surface area contributed by atoms with Gasteiger partial charge in [-0.15, -0.1) is 0 Å². The molecule has 0 aromatic heterocycles. The van der Waals surface area contributed by atoms with Crippen LogP contribution >= 0.6 is 0 Å². The van der Waals surface area contributed by atoms with Gasteiger partial charge in [-0.05, 0) is 37.0 Å². The van der Waals surface area contributed by atoms with E-state index in [4.69, 9.17) is 5.11 Å². The molecule has 2 nitrogen and oxygen atoms in total. The zero-order chi connectivity index (χ0) is 11.3. The Balaban J connectivity index is 2.78. The Hall–Kier alpha value is -1.28. The molecule has 0 aliphatic heterocycles. The zero-order valence-electron chi connectivity index (χ0n) is 9.27. The van der Waals surface area contributed by atoms with Gasteiger partial charge in [-0.25, -0.2) is 0 Å². The van der Waals surface area contributed by atoms with E-state index >= 15 is 0 Å². The normalized spacial score (nSPS) is 13.3. The van der Waals surface area contributed by atoms with E-state index in [1.165, 1.54) is 0 Å². The first kappa shape index (κ1) is 11.8. The van der Waals surface area contributed by atoms with Gasteiger partial charge in [0, 0.05) is 5.56 Å². The molecule has 1 aromatic rings. The Morgan fingerprint density at radius 3 is 2.73 bits per heavy atom. The van der Waals surface area contributed by atoms with Crippen LogP contribution in [-0.4, -0.2) is 10.2 Å². The molecule has 0 radical (unpaired) electrons. The van der Waals surface area contributed by atoms with Crippen LogP contribution in [-0.2, 0) is 13.0 Å². The van der Waals surface area contributed by atoms with E-state index in [9.17, 15) is 5.11 Å². The van der Waals surface area contributed by atoms with E-state index in [0.717, 1.165) is 12.0 Å². The zero-order valence-corrected chi connectivity index (χ0v) is 9.27. The highest BCUT2D eigenvalue weighted by Crippen LogP contribution is 2.20. The smallest absolute Gasteiger partial charge is 0.121 e. The molecular formula is C13H18O2. The van der Waals surface area contributed by atoms with E-state index in [2.05, 4.69) is 13.0 Å². The quantitative estimate of drug-likeness (QED) is 0.743. The van der Waals surface area contributed by atoms with Crippen molar-refractivity contribution in [2.24, 2.45) is 5.92 Å². The summed E-state index contributed by atoms with van der Waals surface area (Å²) in [5.41, 5.74) is 1.74. The lowest BCUT2D eigenvalue weighted by Crippen LogP contribution is -1.97. The van der Waals surface area contributed by atoms with Crippen LogP contribution in [0.3, 0.4) is 0 Å². The third-order valence-corrected chi connectivity index (χ3v) is 2.39. The molecule has 0 aliphatic carbocycles. The maximum absolute atomic E-state index is 9.40. The van der Waals surface area contributed by atoms with E-state index in [1.807, 2.05) is 25.1 Å². The summed E-state index contributed by atoms with van der Waals surface area (Å²) >= 11 is 0. The van der Waals surface area contributed by atoms with Crippen molar-refractivity contribution in [2.75, 3.05) is 0 Å². The van der Waals surface area contributed by atoms with Crippen LogP contribution in [0.15, 0.2) is 30.4 Å². The van der Waals surface area contributed by atoms with Crippen molar-refractivity contribution >= 4 is 0 Å². The van der Waals surface area contributed by atoms with Gasteiger partial charge in [-0.2, -0.15) is 0 Å². The molecule has 1 rings (SSSR count). The van der Waals surface area contributed by atoms with Crippen molar-refractivity contribution in [3.8, 4) is 5.75 Å². The Bertz CT molecular complexity index is 342. The molecule has 0 bridgehead atoms. The fraction of sp³-hybridized carbons (Fsp3) is 0.385. The molecule has 1 aromatic carbocycles. The van der Waals surface area contributed by atoms with Crippen molar-refractivity contribution in [2.45, 2.75) is 26.9 Å². The molecule has 0 fully saturated rings. The van der Waals surface area contributed by atoms with Gasteiger partial charge < -0.3 is 10.2 Å². The third kappa shape index (κ3) is 3.40. The molecular weight excluding hydrogens is 188 g/mol. The summed E-state index contributed by atoms with van der Waals surface area (Å²) in [7, 11) is 0. The number of aliphatic hydroxyl groups is 1. The fourth-order valence-electron chi connectivity index (χ4n) is 1.66. The third-order valence-electron chi connectivity index (χ3n) is 2.39. The predicted octanol–water partition coefficient (Wildman–Crippen LogP) is 2.64. The minimum absolute atomic E-state index is 0.113. The number of phenols is 1. The SMILES string of the molecule is C/C=C\C(C)Cc1ccc(O)c(CO)c1. The summed E-state index contributed by atoms with van der Waals surface area (Å²) in [4.78, 5) is 0. The summed E-state index contributed by atoms with van der Waals surface area (Å²) in [6.45, 7) is 4.04. The second kappa shape index (κ2) is 5.56. The van der Waals surface area contributed by atoms with Crippen molar-refractivity contribution in [3.63, 3.8) is 0 Å². The van der Waals surface area contributed by atoms with E-state index in [0.29, 0.717) is 11.5 Å².